The Kier molecular flexibility index (Phi) is 2.19. The highest BCUT2D eigenvalue weighted by molar-refractivity contribution is 5.96. The molecule has 2 rings (SSSR count). The predicted molar refractivity (Wildman–Crippen MR) is 50.6 cm³/mol. The van der Waals surface area contributed by atoms with Gasteiger partial charge < -0.3 is 10.7 Å². The zero-order valence-electron chi connectivity index (χ0n) is 7.55. The van der Waals surface area contributed by atoms with Crippen molar-refractivity contribution in [3.63, 3.8) is 0 Å². The Bertz CT molecular complexity index is 316. The molecule has 0 aromatic carbocycles. The van der Waals surface area contributed by atoms with Gasteiger partial charge in [-0.1, -0.05) is 0 Å². The highest BCUT2D eigenvalue weighted by Crippen LogP contribution is 2.26. The van der Waals surface area contributed by atoms with E-state index in [4.69, 9.17) is 5.73 Å². The van der Waals surface area contributed by atoms with Gasteiger partial charge in [-0.3, -0.25) is 4.79 Å². The molecule has 1 atom stereocenters. The van der Waals surface area contributed by atoms with Crippen LogP contribution in [0.4, 0.5) is 0 Å². The van der Waals surface area contributed by atoms with Crippen LogP contribution in [0, 0.1) is 5.92 Å². The summed E-state index contributed by atoms with van der Waals surface area (Å²) in [6.45, 7) is 0.678. The van der Waals surface area contributed by atoms with Crippen molar-refractivity contribution in [2.75, 3.05) is 6.54 Å². The molecule has 1 aromatic heterocycles. The monoisotopic (exact) mass is 178 g/mol. The van der Waals surface area contributed by atoms with E-state index in [-0.39, 0.29) is 5.78 Å². The topological polar surface area (TPSA) is 58.9 Å². The normalized spacial score (nSPS) is 21.6. The molecule has 0 saturated heterocycles. The number of carbonyl (C=O) groups excluding carboxylic acids is 1. The number of nitrogens with one attached hydrogen (secondary N) is 1. The van der Waals surface area contributed by atoms with Gasteiger partial charge in [0.2, 0.25) is 0 Å². The molecule has 1 aliphatic rings. The van der Waals surface area contributed by atoms with E-state index in [1.54, 1.807) is 0 Å². The summed E-state index contributed by atoms with van der Waals surface area (Å²) in [6, 6.07) is 2.00. The Balaban J connectivity index is 2.19. The van der Waals surface area contributed by atoms with Crippen molar-refractivity contribution in [1.82, 2.24) is 4.98 Å². The number of carbonyl (C=O) groups is 1. The summed E-state index contributed by atoms with van der Waals surface area (Å²) in [4.78, 5) is 14.5. The van der Waals surface area contributed by atoms with Gasteiger partial charge in [-0.25, -0.2) is 0 Å². The van der Waals surface area contributed by atoms with Crippen LogP contribution < -0.4 is 5.73 Å². The average Bonchev–Trinajstić information content (AvgIpc) is 2.53. The van der Waals surface area contributed by atoms with Crippen molar-refractivity contribution >= 4 is 5.78 Å². The molecule has 1 aromatic rings. The Morgan fingerprint density at radius 2 is 2.38 bits per heavy atom. The number of fused-ring (bicyclic) bond motifs is 1. The first-order valence-corrected chi connectivity index (χ1v) is 4.70. The average molecular weight is 178 g/mol. The van der Waals surface area contributed by atoms with E-state index in [0.717, 1.165) is 24.1 Å². The van der Waals surface area contributed by atoms with Gasteiger partial charge in [-0.05, 0) is 36.9 Å². The molecular formula is C10H14N2O. The quantitative estimate of drug-likeness (QED) is 0.712. The molecule has 3 nitrogen and oxygen atoms in total. The molecule has 13 heavy (non-hydrogen) atoms. The maximum Gasteiger partial charge on any atom is 0.179 e. The molecule has 0 radical (unpaired) electrons. The third kappa shape index (κ3) is 1.52. The van der Waals surface area contributed by atoms with Gasteiger partial charge in [0.25, 0.3) is 0 Å². The Morgan fingerprint density at radius 3 is 3.15 bits per heavy atom. The lowest BCUT2D eigenvalue weighted by Gasteiger charge is -2.20. The minimum atomic E-state index is 0.240. The molecule has 0 spiro atoms. The van der Waals surface area contributed by atoms with Gasteiger partial charge >= 0.3 is 0 Å². The lowest BCUT2D eigenvalue weighted by molar-refractivity contribution is 0.0942. The van der Waals surface area contributed by atoms with Crippen molar-refractivity contribution < 1.29 is 4.79 Å². The smallest absolute Gasteiger partial charge is 0.179 e. The first-order chi connectivity index (χ1) is 6.31. The third-order valence-corrected chi connectivity index (χ3v) is 2.67. The number of aromatic amines is 1. The highest BCUT2D eigenvalue weighted by atomic mass is 16.1. The van der Waals surface area contributed by atoms with Gasteiger partial charge in [-0.15, -0.1) is 0 Å². The fraction of sp³-hybridized carbons (Fsp3) is 0.500. The van der Waals surface area contributed by atoms with Gasteiger partial charge in [0.15, 0.2) is 5.78 Å². The molecule has 70 valence electrons. The Labute approximate surface area is 77.3 Å². The SMILES string of the molecule is NCCC1CC(=O)c2[nH]ccc2C1. The van der Waals surface area contributed by atoms with Crippen molar-refractivity contribution in [3.8, 4) is 0 Å². The number of H-pyrrole nitrogens is 1. The minimum Gasteiger partial charge on any atom is -0.359 e. The van der Waals surface area contributed by atoms with Gasteiger partial charge in [0.1, 0.15) is 0 Å². The van der Waals surface area contributed by atoms with E-state index < -0.39 is 0 Å². The maximum atomic E-state index is 11.6. The second kappa shape index (κ2) is 3.34. The predicted octanol–water partition coefficient (Wildman–Crippen LogP) is 1.11. The third-order valence-electron chi connectivity index (χ3n) is 2.67. The molecule has 3 N–H and O–H groups in total. The highest BCUT2D eigenvalue weighted by Gasteiger charge is 2.24. The lowest BCUT2D eigenvalue weighted by Crippen LogP contribution is -2.21. The largest absolute Gasteiger partial charge is 0.359 e. The fourth-order valence-electron chi connectivity index (χ4n) is 2.02. The van der Waals surface area contributed by atoms with E-state index in [1.807, 2.05) is 12.3 Å². The molecule has 1 unspecified atom stereocenters. The zero-order valence-corrected chi connectivity index (χ0v) is 7.55. The minimum absolute atomic E-state index is 0.240. The number of ketones is 1. The number of Topliss-reactive ketones (excluding diaryl/α,β-unsaturated/α-hetero) is 1. The first-order valence-electron chi connectivity index (χ1n) is 4.70. The summed E-state index contributed by atoms with van der Waals surface area (Å²) in [5.41, 5.74) is 7.46. The van der Waals surface area contributed by atoms with E-state index in [1.165, 1.54) is 0 Å². The molecule has 1 aliphatic carbocycles. The molecule has 0 aliphatic heterocycles. The molecule has 0 fully saturated rings. The van der Waals surface area contributed by atoms with Crippen LogP contribution in [0.5, 0.6) is 0 Å². The Hall–Kier alpha value is -1.09. The molecule has 3 heteroatoms. The van der Waals surface area contributed by atoms with Crippen LogP contribution in [-0.2, 0) is 6.42 Å². The number of nitrogens with two attached hydrogens (primary N) is 1. The van der Waals surface area contributed by atoms with Gasteiger partial charge in [0, 0.05) is 12.6 Å². The maximum absolute atomic E-state index is 11.6. The molecule has 1 heterocycles. The lowest BCUT2D eigenvalue weighted by atomic mass is 9.85. The second-order valence-corrected chi connectivity index (χ2v) is 3.65. The molecule has 0 saturated carbocycles. The van der Waals surface area contributed by atoms with Crippen LogP contribution in [0.15, 0.2) is 12.3 Å². The van der Waals surface area contributed by atoms with Crippen LogP contribution in [0.25, 0.3) is 0 Å². The van der Waals surface area contributed by atoms with Crippen molar-refractivity contribution in [1.29, 1.82) is 0 Å². The van der Waals surface area contributed by atoms with Gasteiger partial charge in [-0.2, -0.15) is 0 Å². The van der Waals surface area contributed by atoms with Crippen LogP contribution in [0.3, 0.4) is 0 Å². The molecule has 0 amide bonds. The summed E-state index contributed by atoms with van der Waals surface area (Å²) in [5, 5.41) is 0. The van der Waals surface area contributed by atoms with Crippen molar-refractivity contribution in [3.05, 3.63) is 23.5 Å². The summed E-state index contributed by atoms with van der Waals surface area (Å²) >= 11 is 0. The van der Waals surface area contributed by atoms with E-state index >= 15 is 0 Å². The van der Waals surface area contributed by atoms with Crippen molar-refractivity contribution in [2.45, 2.75) is 19.3 Å². The molecule has 0 bridgehead atoms. The summed E-state index contributed by atoms with van der Waals surface area (Å²) in [5.74, 6) is 0.700. The second-order valence-electron chi connectivity index (χ2n) is 3.65. The fourth-order valence-corrected chi connectivity index (χ4v) is 2.02. The van der Waals surface area contributed by atoms with Crippen molar-refractivity contribution in [2.24, 2.45) is 11.7 Å². The van der Waals surface area contributed by atoms with Crippen LogP contribution in [0.1, 0.15) is 28.9 Å². The Morgan fingerprint density at radius 1 is 1.54 bits per heavy atom. The first kappa shape index (κ1) is 8.51. The summed E-state index contributed by atoms with van der Waals surface area (Å²) < 4.78 is 0. The van der Waals surface area contributed by atoms with Crippen LogP contribution in [0.2, 0.25) is 0 Å². The van der Waals surface area contributed by atoms with Crippen LogP contribution >= 0.6 is 0 Å². The summed E-state index contributed by atoms with van der Waals surface area (Å²) in [7, 11) is 0. The van der Waals surface area contributed by atoms with Crippen LogP contribution in [-0.4, -0.2) is 17.3 Å². The number of rotatable bonds is 2. The summed E-state index contributed by atoms with van der Waals surface area (Å²) in [6.07, 6.45) is 4.45. The van der Waals surface area contributed by atoms with Gasteiger partial charge in [0.05, 0.1) is 5.69 Å². The van der Waals surface area contributed by atoms with E-state index in [2.05, 4.69) is 4.98 Å². The van der Waals surface area contributed by atoms with E-state index in [0.29, 0.717) is 18.9 Å². The zero-order chi connectivity index (χ0) is 9.26. The standard InChI is InChI=1S/C10H14N2O/c11-3-1-7-5-8-2-4-12-10(8)9(13)6-7/h2,4,7,12H,1,3,5-6,11H2. The van der Waals surface area contributed by atoms with E-state index in [9.17, 15) is 4.79 Å². The number of aromatic nitrogens is 1. The number of hydrogen-bond donors (Lipinski definition) is 2. The number of hydrogen-bond acceptors (Lipinski definition) is 2. The molecular weight excluding hydrogens is 164 g/mol.